The van der Waals surface area contributed by atoms with E-state index in [1.807, 2.05) is 6.21 Å². The lowest BCUT2D eigenvalue weighted by Gasteiger charge is -2.09. The third-order valence-corrected chi connectivity index (χ3v) is 2.04. The summed E-state index contributed by atoms with van der Waals surface area (Å²) in [7, 11) is 0. The monoisotopic (exact) mass is 181 g/mol. The van der Waals surface area contributed by atoms with Gasteiger partial charge in [-0.2, -0.15) is 0 Å². The van der Waals surface area contributed by atoms with Crippen molar-refractivity contribution in [3.8, 4) is 0 Å². The molecule has 1 nitrogen and oxygen atoms in total. The molecule has 12 heavy (non-hydrogen) atoms. The number of hydrogen-bond donors (Lipinski definition) is 0. The van der Waals surface area contributed by atoms with Crippen molar-refractivity contribution in [2.24, 2.45) is 4.99 Å². The van der Waals surface area contributed by atoms with Gasteiger partial charge in [0.25, 0.3) is 0 Å². The first-order valence-electron chi connectivity index (χ1n) is 3.95. The maximum Gasteiger partial charge on any atom is 0.0430 e. The summed E-state index contributed by atoms with van der Waals surface area (Å²) in [4.78, 5) is 4.22. The molecule has 0 saturated carbocycles. The van der Waals surface area contributed by atoms with Gasteiger partial charge in [0.15, 0.2) is 0 Å². The van der Waals surface area contributed by atoms with Gasteiger partial charge in [-0.15, -0.1) is 12.4 Å². The molecule has 1 aliphatic heterocycles. The van der Waals surface area contributed by atoms with Gasteiger partial charge in [-0.3, -0.25) is 4.99 Å². The van der Waals surface area contributed by atoms with Crippen molar-refractivity contribution in [2.45, 2.75) is 13.3 Å². The average Bonchev–Trinajstić information content (AvgIpc) is 2.04. The molecule has 0 bridgehead atoms. The highest BCUT2D eigenvalue weighted by Gasteiger charge is 2.03. The topological polar surface area (TPSA) is 12.4 Å². The highest BCUT2D eigenvalue weighted by Crippen LogP contribution is 2.13. The van der Waals surface area contributed by atoms with E-state index in [0.29, 0.717) is 0 Å². The zero-order valence-electron chi connectivity index (χ0n) is 7.08. The second kappa shape index (κ2) is 3.72. The van der Waals surface area contributed by atoms with Crippen LogP contribution in [0.2, 0.25) is 0 Å². The SMILES string of the molecule is Cc1ccc2c(c1)CCN=C2.Cl. The Morgan fingerprint density at radius 2 is 2.17 bits per heavy atom. The zero-order chi connectivity index (χ0) is 7.68. The summed E-state index contributed by atoms with van der Waals surface area (Å²) in [5.41, 5.74) is 4.08. The van der Waals surface area contributed by atoms with Gasteiger partial charge in [-0.05, 0) is 24.5 Å². The van der Waals surface area contributed by atoms with Crippen LogP contribution in [0, 0.1) is 6.92 Å². The summed E-state index contributed by atoms with van der Waals surface area (Å²) < 4.78 is 0. The predicted molar refractivity (Wildman–Crippen MR) is 54.6 cm³/mol. The Kier molecular flexibility index (Phi) is 2.88. The van der Waals surface area contributed by atoms with Crippen LogP contribution in [0.3, 0.4) is 0 Å². The summed E-state index contributed by atoms with van der Waals surface area (Å²) in [5, 5.41) is 0. The number of rotatable bonds is 0. The van der Waals surface area contributed by atoms with Crippen LogP contribution in [-0.4, -0.2) is 12.8 Å². The minimum absolute atomic E-state index is 0. The van der Waals surface area contributed by atoms with E-state index in [-0.39, 0.29) is 12.4 Å². The fraction of sp³-hybridized carbons (Fsp3) is 0.300. The lowest BCUT2D eigenvalue weighted by atomic mass is 10.0. The van der Waals surface area contributed by atoms with Gasteiger partial charge in [0.05, 0.1) is 0 Å². The summed E-state index contributed by atoms with van der Waals surface area (Å²) in [5.74, 6) is 0. The molecule has 2 rings (SSSR count). The van der Waals surface area contributed by atoms with Crippen molar-refractivity contribution in [1.29, 1.82) is 0 Å². The molecule has 1 aromatic carbocycles. The van der Waals surface area contributed by atoms with Crippen LogP contribution in [0.5, 0.6) is 0 Å². The predicted octanol–water partition coefficient (Wildman–Crippen LogP) is 2.39. The van der Waals surface area contributed by atoms with Gasteiger partial charge in [-0.25, -0.2) is 0 Å². The molecule has 1 aliphatic rings. The number of benzene rings is 1. The maximum atomic E-state index is 4.22. The Hall–Kier alpha value is -0.820. The van der Waals surface area contributed by atoms with Gasteiger partial charge in [0.2, 0.25) is 0 Å². The molecule has 0 radical (unpaired) electrons. The van der Waals surface area contributed by atoms with Gasteiger partial charge < -0.3 is 0 Å². The molecular formula is C10H12ClN. The van der Waals surface area contributed by atoms with Crippen LogP contribution in [-0.2, 0) is 6.42 Å². The molecule has 0 aromatic heterocycles. The summed E-state index contributed by atoms with van der Waals surface area (Å²) in [6.45, 7) is 3.09. The maximum absolute atomic E-state index is 4.22. The summed E-state index contributed by atoms with van der Waals surface area (Å²) >= 11 is 0. The van der Waals surface area contributed by atoms with E-state index in [2.05, 4.69) is 30.1 Å². The molecule has 0 atom stereocenters. The Bertz CT molecular complexity index is 305. The fourth-order valence-electron chi connectivity index (χ4n) is 1.42. The average molecular weight is 182 g/mol. The molecule has 0 aliphatic carbocycles. The first kappa shape index (κ1) is 9.27. The number of hydrogen-bond acceptors (Lipinski definition) is 1. The minimum Gasteiger partial charge on any atom is -0.292 e. The number of aryl methyl sites for hydroxylation is 1. The van der Waals surface area contributed by atoms with Crippen molar-refractivity contribution in [3.05, 3.63) is 34.9 Å². The van der Waals surface area contributed by atoms with E-state index in [4.69, 9.17) is 0 Å². The lowest BCUT2D eigenvalue weighted by Crippen LogP contribution is -2.02. The highest BCUT2D eigenvalue weighted by atomic mass is 35.5. The zero-order valence-corrected chi connectivity index (χ0v) is 7.90. The van der Waals surface area contributed by atoms with Gasteiger partial charge >= 0.3 is 0 Å². The largest absolute Gasteiger partial charge is 0.292 e. The number of nitrogens with zero attached hydrogens (tertiary/aromatic N) is 1. The molecule has 0 unspecified atom stereocenters. The van der Waals surface area contributed by atoms with Crippen molar-refractivity contribution >= 4 is 18.6 Å². The third-order valence-electron chi connectivity index (χ3n) is 2.04. The fourth-order valence-corrected chi connectivity index (χ4v) is 1.42. The van der Waals surface area contributed by atoms with Crippen molar-refractivity contribution in [3.63, 3.8) is 0 Å². The number of halogens is 1. The van der Waals surface area contributed by atoms with Crippen molar-refractivity contribution < 1.29 is 0 Å². The standard InChI is InChI=1S/C10H11N.ClH/c1-8-2-3-10-7-11-5-4-9(10)6-8;/h2-3,6-7H,4-5H2,1H3;1H. The van der Waals surface area contributed by atoms with Crippen LogP contribution >= 0.6 is 12.4 Å². The third kappa shape index (κ3) is 1.67. The smallest absolute Gasteiger partial charge is 0.0430 e. The molecule has 1 aromatic rings. The Balaban J connectivity index is 0.000000720. The van der Waals surface area contributed by atoms with E-state index >= 15 is 0 Å². The molecule has 1 heterocycles. The van der Waals surface area contributed by atoms with E-state index in [1.165, 1.54) is 16.7 Å². The molecule has 0 saturated heterocycles. The van der Waals surface area contributed by atoms with Gasteiger partial charge in [-0.1, -0.05) is 23.8 Å². The Labute approximate surface area is 78.9 Å². The molecular weight excluding hydrogens is 170 g/mol. The Morgan fingerprint density at radius 3 is 3.00 bits per heavy atom. The van der Waals surface area contributed by atoms with Crippen LogP contribution in [0.4, 0.5) is 0 Å². The van der Waals surface area contributed by atoms with Gasteiger partial charge in [0.1, 0.15) is 0 Å². The van der Waals surface area contributed by atoms with Crippen LogP contribution in [0.25, 0.3) is 0 Å². The lowest BCUT2D eigenvalue weighted by molar-refractivity contribution is 0.950. The van der Waals surface area contributed by atoms with Gasteiger partial charge in [0, 0.05) is 12.8 Å². The second-order valence-corrected chi connectivity index (χ2v) is 2.99. The molecule has 2 heteroatoms. The van der Waals surface area contributed by atoms with Crippen molar-refractivity contribution in [1.82, 2.24) is 0 Å². The molecule has 64 valence electrons. The van der Waals surface area contributed by atoms with E-state index in [1.54, 1.807) is 0 Å². The molecule has 0 amide bonds. The molecule has 0 spiro atoms. The quantitative estimate of drug-likeness (QED) is 0.583. The number of fused-ring (bicyclic) bond motifs is 1. The summed E-state index contributed by atoms with van der Waals surface area (Å²) in [6, 6.07) is 6.53. The Morgan fingerprint density at radius 1 is 1.33 bits per heavy atom. The van der Waals surface area contributed by atoms with Crippen LogP contribution in [0.15, 0.2) is 23.2 Å². The van der Waals surface area contributed by atoms with E-state index < -0.39 is 0 Å². The number of aliphatic imine (C=N–C) groups is 1. The highest BCUT2D eigenvalue weighted by molar-refractivity contribution is 5.85. The van der Waals surface area contributed by atoms with Crippen LogP contribution in [0.1, 0.15) is 16.7 Å². The second-order valence-electron chi connectivity index (χ2n) is 2.99. The first-order valence-corrected chi connectivity index (χ1v) is 3.95. The minimum atomic E-state index is 0. The summed E-state index contributed by atoms with van der Waals surface area (Å²) in [6.07, 6.45) is 3.08. The normalized spacial score (nSPS) is 13.4. The van der Waals surface area contributed by atoms with E-state index in [0.717, 1.165) is 13.0 Å². The first-order chi connectivity index (χ1) is 5.36. The van der Waals surface area contributed by atoms with Crippen molar-refractivity contribution in [2.75, 3.05) is 6.54 Å². The molecule has 0 N–H and O–H groups in total. The molecule has 0 fully saturated rings. The van der Waals surface area contributed by atoms with Crippen LogP contribution < -0.4 is 0 Å². The van der Waals surface area contributed by atoms with E-state index in [9.17, 15) is 0 Å².